The van der Waals surface area contributed by atoms with Gasteiger partial charge in [0.1, 0.15) is 11.3 Å². The number of amides is 1. The van der Waals surface area contributed by atoms with Gasteiger partial charge in [-0.15, -0.1) is 0 Å². The van der Waals surface area contributed by atoms with Gasteiger partial charge in [0, 0.05) is 19.5 Å². The molecule has 0 aliphatic rings. The molecule has 0 atom stereocenters. The minimum atomic E-state index is -0.482. The summed E-state index contributed by atoms with van der Waals surface area (Å²) < 4.78 is 10.4. The molecular weight excluding hydrogens is 296 g/mol. The molecule has 0 fully saturated rings. The van der Waals surface area contributed by atoms with E-state index in [1.54, 1.807) is 49.4 Å². The van der Waals surface area contributed by atoms with Crippen LogP contribution in [0, 0.1) is 6.92 Å². The van der Waals surface area contributed by atoms with Crippen molar-refractivity contribution in [3.8, 4) is 5.75 Å². The molecule has 3 rings (SSSR count). The van der Waals surface area contributed by atoms with E-state index in [0.717, 1.165) is 0 Å². The van der Waals surface area contributed by atoms with Crippen molar-refractivity contribution in [1.29, 1.82) is 0 Å². The smallest absolute Gasteiger partial charge is 0.308 e. The van der Waals surface area contributed by atoms with Crippen molar-refractivity contribution in [1.82, 2.24) is 4.98 Å². The van der Waals surface area contributed by atoms with E-state index in [1.165, 1.54) is 6.92 Å². The van der Waals surface area contributed by atoms with Gasteiger partial charge in [0.15, 0.2) is 11.5 Å². The topological polar surface area (TPSA) is 81.4 Å². The Bertz CT molecular complexity index is 898. The summed E-state index contributed by atoms with van der Waals surface area (Å²) in [6.45, 7) is 3.04. The Labute approximate surface area is 132 Å². The Morgan fingerprint density at radius 3 is 2.74 bits per heavy atom. The zero-order chi connectivity index (χ0) is 16.4. The third kappa shape index (κ3) is 3.21. The van der Waals surface area contributed by atoms with Gasteiger partial charge < -0.3 is 14.5 Å². The fourth-order valence-electron chi connectivity index (χ4n) is 2.22. The average Bonchev–Trinajstić information content (AvgIpc) is 2.86. The van der Waals surface area contributed by atoms with Crippen LogP contribution in [0.4, 0.5) is 5.69 Å². The van der Waals surface area contributed by atoms with Crippen molar-refractivity contribution in [3.63, 3.8) is 0 Å². The molecule has 0 aliphatic heterocycles. The molecule has 3 aromatic rings. The van der Waals surface area contributed by atoms with Gasteiger partial charge in [0.25, 0.3) is 5.91 Å². The maximum Gasteiger partial charge on any atom is 0.308 e. The lowest BCUT2D eigenvalue weighted by atomic mass is 10.2. The molecular formula is C17H14N2O4. The number of rotatable bonds is 3. The van der Waals surface area contributed by atoms with Crippen LogP contribution in [-0.4, -0.2) is 16.9 Å². The first-order valence-electron chi connectivity index (χ1n) is 6.99. The van der Waals surface area contributed by atoms with Crippen molar-refractivity contribution in [2.24, 2.45) is 0 Å². The highest BCUT2D eigenvalue weighted by atomic mass is 16.5. The van der Waals surface area contributed by atoms with E-state index >= 15 is 0 Å². The quantitative estimate of drug-likeness (QED) is 0.593. The van der Waals surface area contributed by atoms with Gasteiger partial charge in [-0.05, 0) is 30.3 Å². The second-order valence-corrected chi connectivity index (χ2v) is 4.96. The first-order chi connectivity index (χ1) is 11.0. The molecule has 1 amide bonds. The van der Waals surface area contributed by atoms with Crippen LogP contribution in [0.5, 0.6) is 5.75 Å². The normalized spacial score (nSPS) is 10.5. The Balaban J connectivity index is 1.87. The van der Waals surface area contributed by atoms with E-state index in [-0.39, 0.29) is 17.2 Å². The molecule has 116 valence electrons. The molecule has 0 saturated heterocycles. The average molecular weight is 310 g/mol. The van der Waals surface area contributed by atoms with Crippen LogP contribution >= 0.6 is 0 Å². The van der Waals surface area contributed by atoms with Crippen LogP contribution in [0.2, 0.25) is 0 Å². The number of carbonyl (C=O) groups excluding carboxylic acids is 2. The van der Waals surface area contributed by atoms with Gasteiger partial charge in [0.05, 0.1) is 5.56 Å². The number of para-hydroxylation sites is 1. The number of carbonyl (C=O) groups is 2. The van der Waals surface area contributed by atoms with Crippen molar-refractivity contribution < 1.29 is 18.7 Å². The fraction of sp³-hybridized carbons (Fsp3) is 0.118. The third-order valence-electron chi connectivity index (χ3n) is 3.14. The van der Waals surface area contributed by atoms with Gasteiger partial charge in [-0.1, -0.05) is 12.1 Å². The number of nitrogens with one attached hydrogen (secondary N) is 1. The van der Waals surface area contributed by atoms with E-state index in [9.17, 15) is 9.59 Å². The van der Waals surface area contributed by atoms with Gasteiger partial charge in [-0.2, -0.15) is 0 Å². The first kappa shape index (κ1) is 14.8. The monoisotopic (exact) mass is 310 g/mol. The summed E-state index contributed by atoms with van der Waals surface area (Å²) in [6, 6.07) is 11.7. The number of aromatic nitrogens is 1. The van der Waals surface area contributed by atoms with Crippen molar-refractivity contribution in [2.75, 3.05) is 5.32 Å². The summed E-state index contributed by atoms with van der Waals surface area (Å²) in [5.74, 6) is -0.0781. The summed E-state index contributed by atoms with van der Waals surface area (Å²) >= 11 is 0. The molecule has 0 unspecified atom stereocenters. The Morgan fingerprint density at radius 2 is 1.96 bits per heavy atom. The number of aryl methyl sites for hydroxylation is 1. The number of benzene rings is 2. The minimum absolute atomic E-state index is 0.218. The summed E-state index contributed by atoms with van der Waals surface area (Å²) in [4.78, 5) is 27.8. The first-order valence-corrected chi connectivity index (χ1v) is 6.99. The molecule has 6 heteroatoms. The number of oxazole rings is 1. The second kappa shape index (κ2) is 5.92. The van der Waals surface area contributed by atoms with Crippen LogP contribution in [0.3, 0.4) is 0 Å². The van der Waals surface area contributed by atoms with E-state index in [4.69, 9.17) is 9.15 Å². The number of anilines is 1. The third-order valence-corrected chi connectivity index (χ3v) is 3.14. The lowest BCUT2D eigenvalue weighted by Crippen LogP contribution is -2.14. The molecule has 0 radical (unpaired) electrons. The van der Waals surface area contributed by atoms with E-state index in [1.807, 2.05) is 0 Å². The molecule has 1 aromatic heterocycles. The number of fused-ring (bicyclic) bond motifs is 1. The molecule has 1 heterocycles. The number of hydrogen-bond acceptors (Lipinski definition) is 5. The Kier molecular flexibility index (Phi) is 3.80. The fourth-order valence-corrected chi connectivity index (χ4v) is 2.22. The number of esters is 1. The lowest BCUT2D eigenvalue weighted by molar-refractivity contribution is -0.131. The van der Waals surface area contributed by atoms with Gasteiger partial charge >= 0.3 is 5.97 Å². The predicted molar refractivity (Wildman–Crippen MR) is 84.5 cm³/mol. The maximum absolute atomic E-state index is 12.4. The number of hydrogen-bond donors (Lipinski definition) is 1. The molecule has 1 N–H and O–H groups in total. The SMILES string of the molecule is CC(=O)Oc1ccccc1C(=O)Nc1ccc2oc(C)nc2c1. The summed E-state index contributed by atoms with van der Waals surface area (Å²) in [7, 11) is 0. The number of ether oxygens (including phenoxy) is 1. The highest BCUT2D eigenvalue weighted by Gasteiger charge is 2.14. The zero-order valence-corrected chi connectivity index (χ0v) is 12.6. The molecule has 23 heavy (non-hydrogen) atoms. The molecule has 6 nitrogen and oxygen atoms in total. The standard InChI is InChI=1S/C17H14N2O4/c1-10-18-14-9-12(7-8-16(14)22-10)19-17(21)13-5-3-4-6-15(13)23-11(2)20/h3-9H,1-2H3,(H,19,21). The van der Waals surface area contributed by atoms with Crippen LogP contribution in [0.15, 0.2) is 46.9 Å². The van der Waals surface area contributed by atoms with Gasteiger partial charge in [-0.25, -0.2) is 4.98 Å². The van der Waals surface area contributed by atoms with Gasteiger partial charge in [0.2, 0.25) is 0 Å². The number of nitrogens with zero attached hydrogens (tertiary/aromatic N) is 1. The second-order valence-electron chi connectivity index (χ2n) is 4.96. The summed E-state index contributed by atoms with van der Waals surface area (Å²) in [6.07, 6.45) is 0. The lowest BCUT2D eigenvalue weighted by Gasteiger charge is -2.09. The largest absolute Gasteiger partial charge is 0.441 e. The molecule has 0 aliphatic carbocycles. The van der Waals surface area contributed by atoms with Crippen LogP contribution < -0.4 is 10.1 Å². The van der Waals surface area contributed by atoms with Gasteiger partial charge in [-0.3, -0.25) is 9.59 Å². The predicted octanol–water partition coefficient (Wildman–Crippen LogP) is 3.31. The molecule has 0 bridgehead atoms. The van der Waals surface area contributed by atoms with E-state index in [0.29, 0.717) is 22.7 Å². The Hall–Kier alpha value is -3.15. The summed E-state index contributed by atoms with van der Waals surface area (Å²) in [5.41, 5.74) is 2.17. The molecule has 0 spiro atoms. The van der Waals surface area contributed by atoms with Crippen molar-refractivity contribution >= 4 is 28.7 Å². The van der Waals surface area contributed by atoms with Crippen LogP contribution in [-0.2, 0) is 4.79 Å². The maximum atomic E-state index is 12.4. The van der Waals surface area contributed by atoms with Crippen molar-refractivity contribution in [3.05, 3.63) is 53.9 Å². The highest BCUT2D eigenvalue weighted by molar-refractivity contribution is 6.07. The highest BCUT2D eigenvalue weighted by Crippen LogP contribution is 2.22. The molecule has 2 aromatic carbocycles. The Morgan fingerprint density at radius 1 is 1.17 bits per heavy atom. The van der Waals surface area contributed by atoms with Crippen LogP contribution in [0.25, 0.3) is 11.1 Å². The summed E-state index contributed by atoms with van der Waals surface area (Å²) in [5, 5.41) is 2.76. The van der Waals surface area contributed by atoms with Crippen molar-refractivity contribution in [2.45, 2.75) is 13.8 Å². The van der Waals surface area contributed by atoms with E-state index < -0.39 is 5.97 Å². The van der Waals surface area contributed by atoms with E-state index in [2.05, 4.69) is 10.3 Å². The zero-order valence-electron chi connectivity index (χ0n) is 12.6. The van der Waals surface area contributed by atoms with Crippen LogP contribution in [0.1, 0.15) is 23.2 Å². The molecule has 0 saturated carbocycles. The minimum Gasteiger partial charge on any atom is -0.441 e.